The van der Waals surface area contributed by atoms with Crippen LogP contribution in [0.15, 0.2) is 83.8 Å². The lowest BCUT2D eigenvalue weighted by Gasteiger charge is -2.33. The number of halogens is 1. The first kappa shape index (κ1) is 28.6. The van der Waals surface area contributed by atoms with Gasteiger partial charge in [0.05, 0.1) is 17.7 Å². The minimum Gasteiger partial charge on any atom is -0.497 e. The molecule has 0 aliphatic carbocycles. The van der Waals surface area contributed by atoms with Crippen LogP contribution in [0, 0.1) is 5.82 Å². The number of nitrogens with zero attached hydrogens (tertiary/aromatic N) is 2. The number of hydrogen-bond donors (Lipinski definition) is 1. The Morgan fingerprint density at radius 1 is 0.974 bits per heavy atom. The molecule has 1 atom stereocenters. The SMILES string of the molecule is CCNC(=O)[C@@H](CC)N(Cc1cccc(OC)c1)C(=O)CN(c1ccccc1F)S(=O)(=O)c1ccccc1. The van der Waals surface area contributed by atoms with E-state index in [1.165, 1.54) is 42.3 Å². The predicted molar refractivity (Wildman–Crippen MR) is 144 cm³/mol. The Morgan fingerprint density at radius 2 is 1.66 bits per heavy atom. The average molecular weight is 542 g/mol. The van der Waals surface area contributed by atoms with Crippen LogP contribution in [0.25, 0.3) is 0 Å². The number of amides is 2. The van der Waals surface area contributed by atoms with Crippen LogP contribution >= 0.6 is 0 Å². The normalized spacial score (nSPS) is 11.9. The van der Waals surface area contributed by atoms with Crippen LogP contribution in [0.2, 0.25) is 0 Å². The molecule has 1 N–H and O–H groups in total. The highest BCUT2D eigenvalue weighted by Crippen LogP contribution is 2.27. The van der Waals surface area contributed by atoms with Crippen LogP contribution in [0.5, 0.6) is 5.75 Å². The number of carbonyl (C=O) groups excluding carboxylic acids is 2. The van der Waals surface area contributed by atoms with Crippen molar-refractivity contribution in [3.05, 3.63) is 90.2 Å². The van der Waals surface area contributed by atoms with Gasteiger partial charge >= 0.3 is 0 Å². The Hall–Kier alpha value is -3.92. The molecule has 0 spiro atoms. The summed E-state index contributed by atoms with van der Waals surface area (Å²) in [5.41, 5.74) is 0.417. The molecule has 2 amide bonds. The molecular formula is C28H32FN3O5S. The zero-order valence-electron chi connectivity index (χ0n) is 21.6. The number of para-hydroxylation sites is 1. The van der Waals surface area contributed by atoms with Gasteiger partial charge in [0.1, 0.15) is 24.2 Å². The van der Waals surface area contributed by atoms with Gasteiger partial charge in [-0.1, -0.05) is 49.4 Å². The summed E-state index contributed by atoms with van der Waals surface area (Å²) in [7, 11) is -2.81. The molecule has 202 valence electrons. The predicted octanol–water partition coefficient (Wildman–Crippen LogP) is 3.97. The van der Waals surface area contributed by atoms with E-state index in [0.717, 1.165) is 10.4 Å². The topological polar surface area (TPSA) is 96.0 Å². The first-order chi connectivity index (χ1) is 18.2. The number of hydrogen-bond acceptors (Lipinski definition) is 5. The van der Waals surface area contributed by atoms with Crippen LogP contribution in [0.1, 0.15) is 25.8 Å². The lowest BCUT2D eigenvalue weighted by molar-refractivity contribution is -0.140. The van der Waals surface area contributed by atoms with Crippen molar-refractivity contribution in [2.24, 2.45) is 0 Å². The van der Waals surface area contributed by atoms with Gasteiger partial charge in [0, 0.05) is 13.1 Å². The molecule has 3 aromatic rings. The lowest BCUT2D eigenvalue weighted by atomic mass is 10.1. The third kappa shape index (κ3) is 6.69. The monoisotopic (exact) mass is 541 g/mol. The van der Waals surface area contributed by atoms with Crippen molar-refractivity contribution in [3.8, 4) is 5.75 Å². The van der Waals surface area contributed by atoms with Crippen LogP contribution in [-0.4, -0.2) is 51.4 Å². The number of benzene rings is 3. The smallest absolute Gasteiger partial charge is 0.264 e. The van der Waals surface area contributed by atoms with Gasteiger partial charge in [0.2, 0.25) is 11.8 Å². The van der Waals surface area contributed by atoms with Crippen molar-refractivity contribution in [1.82, 2.24) is 10.2 Å². The van der Waals surface area contributed by atoms with E-state index in [9.17, 15) is 22.4 Å². The second-order valence-electron chi connectivity index (χ2n) is 8.47. The summed E-state index contributed by atoms with van der Waals surface area (Å²) < 4.78 is 48.3. The minimum atomic E-state index is -4.33. The number of likely N-dealkylation sites (N-methyl/N-ethyl adjacent to an activating group) is 1. The van der Waals surface area contributed by atoms with Gasteiger partial charge in [0.15, 0.2) is 0 Å². The summed E-state index contributed by atoms with van der Waals surface area (Å²) in [5, 5.41) is 2.74. The average Bonchev–Trinajstić information content (AvgIpc) is 2.92. The third-order valence-electron chi connectivity index (χ3n) is 5.96. The second-order valence-corrected chi connectivity index (χ2v) is 10.3. The quantitative estimate of drug-likeness (QED) is 0.374. The molecule has 0 aliphatic heterocycles. The molecule has 0 saturated carbocycles. The fourth-order valence-electron chi connectivity index (χ4n) is 4.07. The van der Waals surface area contributed by atoms with Gasteiger partial charge in [-0.05, 0) is 55.3 Å². The van der Waals surface area contributed by atoms with Gasteiger partial charge in [-0.2, -0.15) is 0 Å². The van der Waals surface area contributed by atoms with Gasteiger partial charge in [-0.25, -0.2) is 12.8 Å². The summed E-state index contributed by atoms with van der Waals surface area (Å²) in [4.78, 5) is 28.0. The number of nitrogens with one attached hydrogen (secondary N) is 1. The molecule has 3 aromatic carbocycles. The largest absolute Gasteiger partial charge is 0.497 e. The maximum Gasteiger partial charge on any atom is 0.264 e. The molecule has 0 radical (unpaired) electrons. The van der Waals surface area contributed by atoms with Crippen molar-refractivity contribution in [1.29, 1.82) is 0 Å². The van der Waals surface area contributed by atoms with Crippen molar-refractivity contribution in [2.45, 2.75) is 37.8 Å². The van der Waals surface area contributed by atoms with Gasteiger partial charge in [0.25, 0.3) is 10.0 Å². The molecular weight excluding hydrogens is 509 g/mol. The maximum absolute atomic E-state index is 14.9. The minimum absolute atomic E-state index is 0.0160. The summed E-state index contributed by atoms with van der Waals surface area (Å²) in [5.74, 6) is -1.25. The van der Waals surface area contributed by atoms with Crippen LogP contribution in [0.3, 0.4) is 0 Å². The Bertz CT molecular complexity index is 1350. The number of sulfonamides is 1. The van der Waals surface area contributed by atoms with Crippen LogP contribution in [0.4, 0.5) is 10.1 Å². The molecule has 0 saturated heterocycles. The Kier molecular flexibility index (Phi) is 9.84. The van der Waals surface area contributed by atoms with E-state index >= 15 is 0 Å². The molecule has 38 heavy (non-hydrogen) atoms. The molecule has 3 rings (SSSR count). The van der Waals surface area contributed by atoms with E-state index in [-0.39, 0.29) is 29.5 Å². The number of methoxy groups -OCH3 is 1. The molecule has 0 fully saturated rings. The zero-order valence-corrected chi connectivity index (χ0v) is 22.4. The number of carbonyl (C=O) groups is 2. The van der Waals surface area contributed by atoms with E-state index in [1.54, 1.807) is 56.3 Å². The highest BCUT2D eigenvalue weighted by atomic mass is 32.2. The fraction of sp³-hybridized carbons (Fsp3) is 0.286. The number of anilines is 1. The van der Waals surface area contributed by atoms with Crippen LogP contribution in [-0.2, 0) is 26.2 Å². The molecule has 0 aliphatic rings. The Balaban J connectivity index is 2.07. The summed E-state index contributed by atoms with van der Waals surface area (Å²) in [6.45, 7) is 3.20. The highest BCUT2D eigenvalue weighted by molar-refractivity contribution is 7.92. The molecule has 0 aromatic heterocycles. The highest BCUT2D eigenvalue weighted by Gasteiger charge is 2.34. The molecule has 0 heterocycles. The van der Waals surface area contributed by atoms with E-state index in [2.05, 4.69) is 5.32 Å². The number of ether oxygens (including phenoxy) is 1. The summed E-state index contributed by atoms with van der Waals surface area (Å²) in [6.07, 6.45) is 0.284. The first-order valence-corrected chi connectivity index (χ1v) is 13.7. The van der Waals surface area contributed by atoms with Gasteiger partial charge in [-0.15, -0.1) is 0 Å². The molecule has 8 nitrogen and oxygen atoms in total. The molecule has 0 bridgehead atoms. The summed E-state index contributed by atoms with van der Waals surface area (Å²) in [6, 6.07) is 19.0. The zero-order chi connectivity index (χ0) is 27.7. The van der Waals surface area contributed by atoms with E-state index in [0.29, 0.717) is 17.9 Å². The number of rotatable bonds is 12. The van der Waals surface area contributed by atoms with E-state index in [1.807, 2.05) is 0 Å². The Morgan fingerprint density at radius 3 is 2.29 bits per heavy atom. The van der Waals surface area contributed by atoms with Crippen molar-refractivity contribution >= 4 is 27.5 Å². The Labute approximate surface area is 223 Å². The first-order valence-electron chi connectivity index (χ1n) is 12.2. The summed E-state index contributed by atoms with van der Waals surface area (Å²) >= 11 is 0. The standard InChI is InChI=1S/C28H32FN3O5S/c1-4-25(28(34)30-5-2)31(19-21-12-11-13-22(18-21)37-3)27(33)20-32(26-17-10-9-16-24(26)29)38(35,36)23-14-7-6-8-15-23/h6-18,25H,4-5,19-20H2,1-3H3,(H,30,34)/t25-/m1/s1. The van der Waals surface area contributed by atoms with Crippen LogP contribution < -0.4 is 14.4 Å². The third-order valence-corrected chi connectivity index (χ3v) is 7.73. The maximum atomic E-state index is 14.9. The van der Waals surface area contributed by atoms with Crippen molar-refractivity contribution in [3.63, 3.8) is 0 Å². The van der Waals surface area contributed by atoms with Crippen molar-refractivity contribution < 1.29 is 27.1 Å². The lowest BCUT2D eigenvalue weighted by Crippen LogP contribution is -2.52. The van der Waals surface area contributed by atoms with E-state index < -0.39 is 34.3 Å². The molecule has 0 unspecified atom stereocenters. The van der Waals surface area contributed by atoms with E-state index in [4.69, 9.17) is 4.74 Å². The molecule has 10 heteroatoms. The second kappa shape index (κ2) is 13.0. The van der Waals surface area contributed by atoms with Gasteiger partial charge < -0.3 is 15.0 Å². The van der Waals surface area contributed by atoms with Gasteiger partial charge in [-0.3, -0.25) is 13.9 Å². The van der Waals surface area contributed by atoms with Crippen molar-refractivity contribution in [2.75, 3.05) is 24.5 Å². The fourth-order valence-corrected chi connectivity index (χ4v) is 5.51.